The summed E-state index contributed by atoms with van der Waals surface area (Å²) in [6.07, 6.45) is 0.678. The third kappa shape index (κ3) is 2.28. The summed E-state index contributed by atoms with van der Waals surface area (Å²) >= 11 is 0. The highest BCUT2D eigenvalue weighted by atomic mass is 16.4. The molecule has 3 nitrogen and oxygen atoms in total. The molecule has 0 aliphatic rings. The minimum absolute atomic E-state index is 0.477. The lowest BCUT2D eigenvalue weighted by Gasteiger charge is -2.04. The summed E-state index contributed by atoms with van der Waals surface area (Å²) in [4.78, 5) is 3.08. The van der Waals surface area contributed by atoms with Crippen molar-refractivity contribution in [3.63, 3.8) is 0 Å². The van der Waals surface area contributed by atoms with Crippen LogP contribution in [-0.2, 0) is 6.42 Å². The molecule has 0 spiro atoms. The number of aromatic amines is 1. The van der Waals surface area contributed by atoms with E-state index in [1.807, 2.05) is 54.6 Å². The fourth-order valence-electron chi connectivity index (χ4n) is 2.43. The van der Waals surface area contributed by atoms with Crippen LogP contribution in [0, 0.1) is 0 Å². The number of fused-ring (bicyclic) bond motifs is 1. The molecule has 1 heterocycles. The van der Waals surface area contributed by atoms with E-state index in [9.17, 15) is 10.0 Å². The van der Waals surface area contributed by atoms with Gasteiger partial charge in [0.25, 0.3) is 0 Å². The Labute approximate surface area is 111 Å². The molecule has 0 amide bonds. The molecule has 0 unspecified atom stereocenters. The average molecular weight is 251 g/mol. The van der Waals surface area contributed by atoms with Crippen molar-refractivity contribution in [2.24, 2.45) is 0 Å². The zero-order valence-electron chi connectivity index (χ0n) is 10.4. The largest absolute Gasteiger partial charge is 0.506 e. The van der Waals surface area contributed by atoms with E-state index in [1.54, 1.807) is 0 Å². The van der Waals surface area contributed by atoms with E-state index in [-0.39, 0.29) is 0 Å². The van der Waals surface area contributed by atoms with Crippen LogP contribution in [0.5, 0.6) is 0 Å². The molecule has 0 bridgehead atoms. The number of hydrogen-bond acceptors (Lipinski definition) is 2. The van der Waals surface area contributed by atoms with Crippen molar-refractivity contribution < 1.29 is 10.0 Å². The van der Waals surface area contributed by atoms with Crippen LogP contribution in [0.4, 0.5) is 0 Å². The second-order valence-electron chi connectivity index (χ2n) is 4.60. The first-order valence-electron chi connectivity index (χ1n) is 6.25. The Balaban J connectivity index is 2.12. The van der Waals surface area contributed by atoms with Crippen molar-refractivity contribution in [3.05, 3.63) is 65.7 Å². The van der Waals surface area contributed by atoms with Crippen LogP contribution in [0.25, 0.3) is 10.9 Å². The van der Waals surface area contributed by atoms with E-state index in [4.69, 9.17) is 0 Å². The van der Waals surface area contributed by atoms with E-state index in [2.05, 4.69) is 4.98 Å². The van der Waals surface area contributed by atoms with Gasteiger partial charge in [0, 0.05) is 16.5 Å². The minimum atomic E-state index is -1.48. The molecule has 19 heavy (non-hydrogen) atoms. The highest BCUT2D eigenvalue weighted by Gasteiger charge is 2.21. The van der Waals surface area contributed by atoms with Crippen molar-refractivity contribution in [2.45, 2.75) is 6.42 Å². The molecule has 4 heteroatoms. The van der Waals surface area contributed by atoms with Gasteiger partial charge in [-0.25, -0.2) is 0 Å². The lowest BCUT2D eigenvalue weighted by atomic mass is 9.81. The number of aromatic nitrogens is 1. The molecule has 0 saturated heterocycles. The third-order valence-corrected chi connectivity index (χ3v) is 3.33. The van der Waals surface area contributed by atoms with Gasteiger partial charge in [0.05, 0.1) is 0 Å². The maximum Gasteiger partial charge on any atom is 0.506 e. The molecule has 2 aromatic carbocycles. The van der Waals surface area contributed by atoms with Crippen LogP contribution in [0.15, 0.2) is 54.6 Å². The predicted octanol–water partition coefficient (Wildman–Crippen LogP) is 1.44. The number of rotatable bonds is 3. The number of hydrogen-bond donors (Lipinski definition) is 3. The molecular formula is C15H14BNO2. The Kier molecular flexibility index (Phi) is 3.11. The zero-order valence-corrected chi connectivity index (χ0v) is 10.4. The zero-order chi connectivity index (χ0) is 13.2. The van der Waals surface area contributed by atoms with Gasteiger partial charge in [0.15, 0.2) is 0 Å². The maximum absolute atomic E-state index is 9.51. The minimum Gasteiger partial charge on any atom is -0.422 e. The Hall–Kier alpha value is -2.04. The van der Waals surface area contributed by atoms with Crippen molar-refractivity contribution in [3.8, 4) is 0 Å². The summed E-state index contributed by atoms with van der Waals surface area (Å²) < 4.78 is 0. The molecule has 1 aromatic heterocycles. The van der Waals surface area contributed by atoms with Gasteiger partial charge < -0.3 is 15.0 Å². The summed E-state index contributed by atoms with van der Waals surface area (Å²) in [6.45, 7) is 0. The van der Waals surface area contributed by atoms with E-state index in [0.717, 1.165) is 22.0 Å². The van der Waals surface area contributed by atoms with Crippen LogP contribution in [-0.4, -0.2) is 22.2 Å². The van der Waals surface area contributed by atoms with Gasteiger partial charge in [0.2, 0.25) is 0 Å². The first kappa shape index (κ1) is 12.0. The number of nitrogens with one attached hydrogen (secondary N) is 1. The number of benzene rings is 2. The fourth-order valence-corrected chi connectivity index (χ4v) is 2.43. The quantitative estimate of drug-likeness (QED) is 0.617. The van der Waals surface area contributed by atoms with Crippen LogP contribution >= 0.6 is 0 Å². The van der Waals surface area contributed by atoms with Gasteiger partial charge in [0.1, 0.15) is 0 Å². The lowest BCUT2D eigenvalue weighted by Crippen LogP contribution is -2.33. The van der Waals surface area contributed by atoms with Crippen LogP contribution in [0.3, 0.4) is 0 Å². The van der Waals surface area contributed by atoms with Crippen molar-refractivity contribution in [1.29, 1.82) is 0 Å². The Morgan fingerprint density at radius 1 is 0.895 bits per heavy atom. The molecule has 0 saturated carbocycles. The van der Waals surface area contributed by atoms with Crippen LogP contribution in [0.2, 0.25) is 0 Å². The molecule has 0 fully saturated rings. The predicted molar refractivity (Wildman–Crippen MR) is 77.4 cm³/mol. The van der Waals surface area contributed by atoms with Gasteiger partial charge in [-0.05, 0) is 23.6 Å². The van der Waals surface area contributed by atoms with Gasteiger partial charge in [-0.2, -0.15) is 0 Å². The molecular weight excluding hydrogens is 237 g/mol. The molecule has 3 rings (SSSR count). The Bertz CT molecular complexity index is 692. The van der Waals surface area contributed by atoms with Gasteiger partial charge in [-0.3, -0.25) is 0 Å². The van der Waals surface area contributed by atoms with Gasteiger partial charge in [-0.15, -0.1) is 0 Å². The lowest BCUT2D eigenvalue weighted by molar-refractivity contribution is 0.424. The number of para-hydroxylation sites is 1. The molecule has 0 aliphatic heterocycles. The Morgan fingerprint density at radius 3 is 2.32 bits per heavy atom. The molecule has 94 valence electrons. The van der Waals surface area contributed by atoms with E-state index < -0.39 is 7.12 Å². The smallest absolute Gasteiger partial charge is 0.422 e. The topological polar surface area (TPSA) is 56.2 Å². The van der Waals surface area contributed by atoms with Crippen LogP contribution in [0.1, 0.15) is 11.1 Å². The monoisotopic (exact) mass is 251 g/mol. The van der Waals surface area contributed by atoms with Crippen molar-refractivity contribution >= 4 is 23.6 Å². The SMILES string of the molecule is OB(O)c1[nH]c2ccccc2c1Cc1ccccc1. The summed E-state index contributed by atoms with van der Waals surface area (Å²) in [6, 6.07) is 17.8. The molecule has 0 radical (unpaired) electrons. The molecule has 3 aromatic rings. The average Bonchev–Trinajstić information content (AvgIpc) is 2.79. The van der Waals surface area contributed by atoms with E-state index in [0.29, 0.717) is 12.0 Å². The van der Waals surface area contributed by atoms with E-state index in [1.165, 1.54) is 0 Å². The maximum atomic E-state index is 9.51. The second kappa shape index (κ2) is 4.92. The molecule has 3 N–H and O–H groups in total. The van der Waals surface area contributed by atoms with Gasteiger partial charge >= 0.3 is 7.12 Å². The first-order chi connectivity index (χ1) is 9.25. The highest BCUT2D eigenvalue weighted by Crippen LogP contribution is 2.19. The Morgan fingerprint density at radius 2 is 1.58 bits per heavy atom. The standard InChI is InChI=1S/C15H14BNO2/c18-16(19)15-13(10-11-6-2-1-3-7-11)12-8-4-5-9-14(12)17-15/h1-9,17-19H,10H2. The van der Waals surface area contributed by atoms with Crippen molar-refractivity contribution in [1.82, 2.24) is 4.98 Å². The summed E-state index contributed by atoms with van der Waals surface area (Å²) in [7, 11) is -1.48. The van der Waals surface area contributed by atoms with Gasteiger partial charge in [-0.1, -0.05) is 48.5 Å². The summed E-state index contributed by atoms with van der Waals surface area (Å²) in [5.41, 5.74) is 3.49. The normalized spacial score (nSPS) is 10.8. The highest BCUT2D eigenvalue weighted by molar-refractivity contribution is 6.59. The van der Waals surface area contributed by atoms with Crippen molar-refractivity contribution in [2.75, 3.05) is 0 Å². The number of H-pyrrole nitrogens is 1. The summed E-state index contributed by atoms with van der Waals surface area (Å²) in [5, 5.41) is 20.1. The van der Waals surface area contributed by atoms with E-state index >= 15 is 0 Å². The van der Waals surface area contributed by atoms with Crippen LogP contribution < -0.4 is 5.59 Å². The summed E-state index contributed by atoms with van der Waals surface area (Å²) in [5.74, 6) is 0. The molecule has 0 atom stereocenters. The third-order valence-electron chi connectivity index (χ3n) is 3.33. The first-order valence-corrected chi connectivity index (χ1v) is 6.25. The second-order valence-corrected chi connectivity index (χ2v) is 4.60. The molecule has 0 aliphatic carbocycles. The fraction of sp³-hybridized carbons (Fsp3) is 0.0667.